The van der Waals surface area contributed by atoms with Crippen LogP contribution in [0.25, 0.3) is 5.78 Å². The third kappa shape index (κ3) is 3.66. The smallest absolute Gasteiger partial charge is 0.253 e. The average molecular weight is 279 g/mol. The van der Waals surface area contributed by atoms with Crippen LogP contribution >= 0.6 is 11.8 Å². The molecular weight excluding hydrogens is 262 g/mol. The molecule has 1 N–H and O–H groups in total. The van der Waals surface area contributed by atoms with Crippen molar-refractivity contribution < 1.29 is 4.79 Å². The normalized spacial score (nSPS) is 13.5. The van der Waals surface area contributed by atoms with Crippen LogP contribution < -0.4 is 5.32 Å². The number of nitrogens with zero attached hydrogens (tertiary/aromatic N) is 4. The molecular formula is C12H17N5OS. The van der Waals surface area contributed by atoms with Gasteiger partial charge in [0.15, 0.2) is 0 Å². The molecule has 1 atom stereocenters. The average Bonchev–Trinajstić information content (AvgIpc) is 2.68. The Kier molecular flexibility index (Phi) is 3.75. The summed E-state index contributed by atoms with van der Waals surface area (Å²) in [6.45, 7) is 7.70. The first kappa shape index (κ1) is 13.8. The molecule has 0 aliphatic heterocycles. The SMILES string of the molecule is CC(Sc1nc2ncccn2n1)C(=O)NC(C)(C)C. The molecule has 0 saturated heterocycles. The minimum absolute atomic E-state index is 0.0238. The zero-order chi connectivity index (χ0) is 14.0. The van der Waals surface area contributed by atoms with E-state index in [0.717, 1.165) is 0 Å². The summed E-state index contributed by atoms with van der Waals surface area (Å²) in [5, 5.41) is 7.49. The lowest BCUT2D eigenvalue weighted by Crippen LogP contribution is -2.44. The molecule has 1 amide bonds. The quantitative estimate of drug-likeness (QED) is 0.862. The fourth-order valence-corrected chi connectivity index (χ4v) is 2.20. The van der Waals surface area contributed by atoms with E-state index in [1.165, 1.54) is 11.8 Å². The number of hydrogen-bond acceptors (Lipinski definition) is 5. The van der Waals surface area contributed by atoms with Crippen LogP contribution in [-0.4, -0.2) is 36.3 Å². The number of nitrogens with one attached hydrogen (secondary N) is 1. The Labute approximate surface area is 116 Å². The van der Waals surface area contributed by atoms with Gasteiger partial charge in [0.2, 0.25) is 11.1 Å². The maximum Gasteiger partial charge on any atom is 0.253 e. The highest BCUT2D eigenvalue weighted by molar-refractivity contribution is 8.00. The van der Waals surface area contributed by atoms with Crippen LogP contribution in [0.5, 0.6) is 0 Å². The molecule has 1 unspecified atom stereocenters. The second-order valence-corrected chi connectivity index (χ2v) is 6.57. The number of aromatic nitrogens is 4. The Morgan fingerprint density at radius 3 is 2.84 bits per heavy atom. The maximum atomic E-state index is 12.0. The minimum Gasteiger partial charge on any atom is -0.351 e. The summed E-state index contributed by atoms with van der Waals surface area (Å²) in [6, 6.07) is 1.78. The molecule has 2 heterocycles. The van der Waals surface area contributed by atoms with Gasteiger partial charge in [-0.15, -0.1) is 5.10 Å². The van der Waals surface area contributed by atoms with Gasteiger partial charge in [-0.2, -0.15) is 4.98 Å². The van der Waals surface area contributed by atoms with E-state index in [0.29, 0.717) is 10.9 Å². The second kappa shape index (κ2) is 5.16. The highest BCUT2D eigenvalue weighted by Gasteiger charge is 2.21. The molecule has 7 heteroatoms. The Morgan fingerprint density at radius 2 is 2.21 bits per heavy atom. The summed E-state index contributed by atoms with van der Waals surface area (Å²) in [7, 11) is 0. The Balaban J connectivity index is 2.06. The van der Waals surface area contributed by atoms with E-state index in [-0.39, 0.29) is 16.7 Å². The van der Waals surface area contributed by atoms with Crippen molar-refractivity contribution in [2.75, 3.05) is 0 Å². The van der Waals surface area contributed by atoms with Crippen LogP contribution in [-0.2, 0) is 4.79 Å². The summed E-state index contributed by atoms with van der Waals surface area (Å²) in [5.41, 5.74) is -0.236. The summed E-state index contributed by atoms with van der Waals surface area (Å²) >= 11 is 1.32. The van der Waals surface area contributed by atoms with Gasteiger partial charge < -0.3 is 5.32 Å². The standard InChI is InChI=1S/C12H17N5OS/c1-8(9(18)15-12(2,3)4)19-11-14-10-13-6-5-7-17(10)16-11/h5-8H,1-4H3,(H,15,18). The van der Waals surface area contributed by atoms with E-state index >= 15 is 0 Å². The number of hydrogen-bond donors (Lipinski definition) is 1. The molecule has 0 aromatic carbocycles. The molecule has 0 fully saturated rings. The van der Waals surface area contributed by atoms with Gasteiger partial charge in [0.05, 0.1) is 5.25 Å². The van der Waals surface area contributed by atoms with Gasteiger partial charge in [0, 0.05) is 17.9 Å². The number of carbonyl (C=O) groups is 1. The van der Waals surface area contributed by atoms with Crippen LogP contribution in [0.3, 0.4) is 0 Å². The van der Waals surface area contributed by atoms with Crippen molar-refractivity contribution in [1.29, 1.82) is 0 Å². The third-order valence-corrected chi connectivity index (χ3v) is 3.20. The molecule has 0 bridgehead atoms. The second-order valence-electron chi connectivity index (χ2n) is 5.26. The molecule has 0 saturated carbocycles. The van der Waals surface area contributed by atoms with Crippen molar-refractivity contribution in [1.82, 2.24) is 24.9 Å². The molecule has 0 aliphatic carbocycles. The van der Waals surface area contributed by atoms with Crippen molar-refractivity contribution in [3.63, 3.8) is 0 Å². The van der Waals surface area contributed by atoms with E-state index in [2.05, 4.69) is 20.4 Å². The molecule has 0 aliphatic rings. The fraction of sp³-hybridized carbons (Fsp3) is 0.500. The monoisotopic (exact) mass is 279 g/mol. The first-order valence-electron chi connectivity index (χ1n) is 6.01. The van der Waals surface area contributed by atoms with Crippen molar-refractivity contribution in [2.45, 2.75) is 43.6 Å². The minimum atomic E-state index is -0.253. The van der Waals surface area contributed by atoms with Gasteiger partial charge >= 0.3 is 0 Å². The molecule has 6 nitrogen and oxygen atoms in total. The number of amides is 1. The van der Waals surface area contributed by atoms with Crippen LogP contribution in [0.4, 0.5) is 0 Å². The van der Waals surface area contributed by atoms with Gasteiger partial charge in [-0.25, -0.2) is 9.50 Å². The van der Waals surface area contributed by atoms with E-state index in [1.54, 1.807) is 23.0 Å². The largest absolute Gasteiger partial charge is 0.351 e. The predicted molar refractivity (Wildman–Crippen MR) is 74.0 cm³/mol. The summed E-state index contributed by atoms with van der Waals surface area (Å²) in [4.78, 5) is 20.3. The molecule has 0 spiro atoms. The van der Waals surface area contributed by atoms with Crippen LogP contribution in [0, 0.1) is 0 Å². The van der Waals surface area contributed by atoms with Gasteiger partial charge in [0.25, 0.3) is 5.78 Å². The van der Waals surface area contributed by atoms with Crippen LogP contribution in [0.15, 0.2) is 23.6 Å². The molecule has 0 radical (unpaired) electrons. The highest BCUT2D eigenvalue weighted by Crippen LogP contribution is 2.20. The van der Waals surface area contributed by atoms with Gasteiger partial charge in [-0.1, -0.05) is 11.8 Å². The van der Waals surface area contributed by atoms with Gasteiger partial charge in [-0.05, 0) is 33.8 Å². The molecule has 2 rings (SSSR count). The van der Waals surface area contributed by atoms with E-state index < -0.39 is 0 Å². The maximum absolute atomic E-state index is 12.0. The molecule has 102 valence electrons. The van der Waals surface area contributed by atoms with Crippen molar-refractivity contribution in [2.24, 2.45) is 0 Å². The lowest BCUT2D eigenvalue weighted by molar-refractivity contribution is -0.121. The van der Waals surface area contributed by atoms with Gasteiger partial charge in [-0.3, -0.25) is 4.79 Å². The predicted octanol–water partition coefficient (Wildman–Crippen LogP) is 1.52. The first-order valence-corrected chi connectivity index (χ1v) is 6.89. The molecule has 2 aromatic heterocycles. The van der Waals surface area contributed by atoms with E-state index in [1.807, 2.05) is 27.7 Å². The van der Waals surface area contributed by atoms with Gasteiger partial charge in [0.1, 0.15) is 0 Å². The number of thioether (sulfide) groups is 1. The van der Waals surface area contributed by atoms with E-state index in [4.69, 9.17) is 0 Å². The highest BCUT2D eigenvalue weighted by atomic mass is 32.2. The Hall–Kier alpha value is -1.63. The summed E-state index contributed by atoms with van der Waals surface area (Å²) < 4.78 is 1.59. The van der Waals surface area contributed by atoms with Crippen molar-refractivity contribution in [3.8, 4) is 0 Å². The summed E-state index contributed by atoms with van der Waals surface area (Å²) in [6.07, 6.45) is 3.44. The lowest BCUT2D eigenvalue weighted by Gasteiger charge is -2.22. The molecule has 2 aromatic rings. The van der Waals surface area contributed by atoms with Crippen LogP contribution in [0.1, 0.15) is 27.7 Å². The fourth-order valence-electron chi connectivity index (χ4n) is 1.45. The number of fused-ring (bicyclic) bond motifs is 1. The van der Waals surface area contributed by atoms with E-state index in [9.17, 15) is 4.79 Å². The topological polar surface area (TPSA) is 72.2 Å². The molecule has 19 heavy (non-hydrogen) atoms. The number of rotatable bonds is 3. The summed E-state index contributed by atoms with van der Waals surface area (Å²) in [5.74, 6) is 0.512. The van der Waals surface area contributed by atoms with Crippen molar-refractivity contribution >= 4 is 23.4 Å². The number of carbonyl (C=O) groups excluding carboxylic acids is 1. The van der Waals surface area contributed by atoms with Crippen molar-refractivity contribution in [3.05, 3.63) is 18.5 Å². The zero-order valence-electron chi connectivity index (χ0n) is 11.4. The lowest BCUT2D eigenvalue weighted by atomic mass is 10.1. The van der Waals surface area contributed by atoms with Crippen LogP contribution in [0.2, 0.25) is 0 Å². The Morgan fingerprint density at radius 1 is 1.47 bits per heavy atom. The Bertz CT molecular complexity index is 556. The first-order chi connectivity index (χ1) is 8.85. The third-order valence-electron chi connectivity index (χ3n) is 2.25. The zero-order valence-corrected chi connectivity index (χ0v) is 12.2.